The lowest BCUT2D eigenvalue weighted by Gasteiger charge is -2.27. The zero-order valence-corrected chi connectivity index (χ0v) is 18.1. The van der Waals surface area contributed by atoms with E-state index in [9.17, 15) is 4.79 Å². The molecule has 0 spiro atoms. The molecule has 31 heavy (non-hydrogen) atoms. The van der Waals surface area contributed by atoms with Crippen LogP contribution in [0.2, 0.25) is 0 Å². The molecule has 6 heteroatoms. The molecule has 4 rings (SSSR count). The van der Waals surface area contributed by atoms with E-state index >= 15 is 0 Å². The van der Waals surface area contributed by atoms with Gasteiger partial charge in [0.15, 0.2) is 12.4 Å². The van der Waals surface area contributed by atoms with E-state index in [0.717, 1.165) is 50.0 Å². The summed E-state index contributed by atoms with van der Waals surface area (Å²) in [5.74, 6) is 0.128. The van der Waals surface area contributed by atoms with E-state index in [2.05, 4.69) is 33.6 Å². The molecule has 6 nitrogen and oxygen atoms in total. The van der Waals surface area contributed by atoms with E-state index < -0.39 is 0 Å². The van der Waals surface area contributed by atoms with E-state index in [1.54, 1.807) is 0 Å². The summed E-state index contributed by atoms with van der Waals surface area (Å²) >= 11 is 0. The Balaban J connectivity index is 1.33. The van der Waals surface area contributed by atoms with Crippen molar-refractivity contribution in [2.75, 3.05) is 19.7 Å². The Morgan fingerprint density at radius 1 is 1.06 bits per heavy atom. The molecule has 1 amide bonds. The van der Waals surface area contributed by atoms with Crippen molar-refractivity contribution in [2.24, 2.45) is 10.9 Å². The number of hydrogen-bond acceptors (Lipinski definition) is 4. The number of aryl methyl sites for hydroxylation is 1. The molecule has 0 bridgehead atoms. The molecule has 1 saturated heterocycles. The Kier molecular flexibility index (Phi) is 7.20. The lowest BCUT2D eigenvalue weighted by atomic mass is 9.88. The molecule has 0 radical (unpaired) electrons. The number of carbonyl (C=O) groups is 1. The number of benzene rings is 2. The topological polar surface area (TPSA) is 80.0 Å². The minimum Gasteiger partial charge on any atom is -0.384 e. The Morgan fingerprint density at radius 3 is 2.71 bits per heavy atom. The molecular formula is C25H32N4O2. The van der Waals surface area contributed by atoms with Crippen LogP contribution < -0.4 is 11.1 Å². The van der Waals surface area contributed by atoms with Gasteiger partial charge in [-0.1, -0.05) is 60.1 Å². The normalized spacial score (nSPS) is 19.5. The smallest absolute Gasteiger partial charge is 0.261 e. The highest BCUT2D eigenvalue weighted by atomic mass is 16.6. The summed E-state index contributed by atoms with van der Waals surface area (Å²) < 4.78 is 0. The SMILES string of the molecule is N/C(=N/OCC(=O)NC1CCCc2ccccc21)c1ccccc1CN1CCCCC1. The van der Waals surface area contributed by atoms with Crippen molar-refractivity contribution in [1.82, 2.24) is 10.2 Å². The van der Waals surface area contributed by atoms with Gasteiger partial charge < -0.3 is 15.9 Å². The van der Waals surface area contributed by atoms with E-state index in [1.165, 1.54) is 30.4 Å². The van der Waals surface area contributed by atoms with Gasteiger partial charge in [-0.2, -0.15) is 0 Å². The number of fused-ring (bicyclic) bond motifs is 1. The number of oxime groups is 1. The number of rotatable bonds is 7. The fourth-order valence-corrected chi connectivity index (χ4v) is 4.62. The number of nitrogens with one attached hydrogen (secondary N) is 1. The third-order valence-corrected chi connectivity index (χ3v) is 6.20. The van der Waals surface area contributed by atoms with Gasteiger partial charge in [-0.3, -0.25) is 9.69 Å². The Bertz CT molecular complexity index is 921. The molecule has 1 aliphatic carbocycles. The Labute approximate surface area is 184 Å². The van der Waals surface area contributed by atoms with Crippen molar-refractivity contribution < 1.29 is 9.63 Å². The van der Waals surface area contributed by atoms with Crippen molar-refractivity contribution in [3.05, 3.63) is 70.8 Å². The number of nitrogens with two attached hydrogens (primary N) is 1. The number of hydrogen-bond donors (Lipinski definition) is 2. The summed E-state index contributed by atoms with van der Waals surface area (Å²) in [4.78, 5) is 20.2. The van der Waals surface area contributed by atoms with Gasteiger partial charge in [0.25, 0.3) is 5.91 Å². The predicted octanol–water partition coefficient (Wildman–Crippen LogP) is 3.50. The summed E-state index contributed by atoms with van der Waals surface area (Å²) in [7, 11) is 0. The number of carbonyl (C=O) groups excluding carboxylic acids is 1. The zero-order chi connectivity index (χ0) is 21.5. The molecule has 1 aliphatic heterocycles. The van der Waals surface area contributed by atoms with E-state index in [-0.39, 0.29) is 18.6 Å². The average Bonchev–Trinajstić information content (AvgIpc) is 2.80. The maximum Gasteiger partial charge on any atom is 0.261 e. The minimum absolute atomic E-state index is 0.0349. The predicted molar refractivity (Wildman–Crippen MR) is 123 cm³/mol. The molecule has 2 aromatic carbocycles. The van der Waals surface area contributed by atoms with Gasteiger partial charge in [0.2, 0.25) is 0 Å². The van der Waals surface area contributed by atoms with Gasteiger partial charge in [-0.25, -0.2) is 0 Å². The van der Waals surface area contributed by atoms with E-state index in [1.807, 2.05) is 30.3 Å². The highest BCUT2D eigenvalue weighted by molar-refractivity contribution is 5.98. The molecule has 164 valence electrons. The number of amides is 1. The van der Waals surface area contributed by atoms with Crippen molar-refractivity contribution in [1.29, 1.82) is 0 Å². The Hall–Kier alpha value is -2.86. The number of likely N-dealkylation sites (tertiary alicyclic amines) is 1. The highest BCUT2D eigenvalue weighted by Crippen LogP contribution is 2.29. The molecule has 2 aliphatic rings. The van der Waals surface area contributed by atoms with Gasteiger partial charge in [-0.05, 0) is 61.9 Å². The van der Waals surface area contributed by atoms with Crippen LogP contribution in [0.25, 0.3) is 0 Å². The van der Waals surface area contributed by atoms with E-state index in [4.69, 9.17) is 10.6 Å². The monoisotopic (exact) mass is 420 g/mol. The molecule has 0 saturated carbocycles. The maximum atomic E-state index is 12.4. The highest BCUT2D eigenvalue weighted by Gasteiger charge is 2.21. The van der Waals surface area contributed by atoms with Crippen LogP contribution in [0.15, 0.2) is 53.7 Å². The number of nitrogens with zero attached hydrogens (tertiary/aromatic N) is 2. The minimum atomic E-state index is -0.181. The maximum absolute atomic E-state index is 12.4. The first-order valence-corrected chi connectivity index (χ1v) is 11.3. The summed E-state index contributed by atoms with van der Waals surface area (Å²) in [5, 5.41) is 7.11. The molecular weight excluding hydrogens is 388 g/mol. The molecule has 3 N–H and O–H groups in total. The van der Waals surface area contributed by atoms with E-state index in [0.29, 0.717) is 5.84 Å². The summed E-state index contributed by atoms with van der Waals surface area (Å²) in [6.07, 6.45) is 6.88. The molecule has 1 heterocycles. The van der Waals surface area contributed by atoms with Crippen molar-refractivity contribution in [2.45, 2.75) is 51.1 Å². The second-order valence-corrected chi connectivity index (χ2v) is 8.46. The van der Waals surface area contributed by atoms with Crippen LogP contribution in [0.4, 0.5) is 0 Å². The number of amidine groups is 1. The fraction of sp³-hybridized carbons (Fsp3) is 0.440. The largest absolute Gasteiger partial charge is 0.384 e. The van der Waals surface area contributed by atoms with Crippen LogP contribution >= 0.6 is 0 Å². The molecule has 0 aromatic heterocycles. The molecule has 1 fully saturated rings. The van der Waals surface area contributed by atoms with Crippen LogP contribution in [0, 0.1) is 0 Å². The second kappa shape index (κ2) is 10.4. The first-order valence-electron chi connectivity index (χ1n) is 11.3. The van der Waals surface area contributed by atoms with Crippen LogP contribution in [0.1, 0.15) is 60.4 Å². The van der Waals surface area contributed by atoms with Crippen molar-refractivity contribution in [3.8, 4) is 0 Å². The van der Waals surface area contributed by atoms with Gasteiger partial charge in [-0.15, -0.1) is 0 Å². The van der Waals surface area contributed by atoms with Crippen LogP contribution in [-0.4, -0.2) is 36.3 Å². The second-order valence-electron chi connectivity index (χ2n) is 8.46. The summed E-state index contributed by atoms with van der Waals surface area (Å²) in [6, 6.07) is 16.3. The lowest BCUT2D eigenvalue weighted by Crippen LogP contribution is -2.33. The average molecular weight is 421 g/mol. The molecule has 2 aromatic rings. The number of piperidine rings is 1. The summed E-state index contributed by atoms with van der Waals surface area (Å²) in [6.45, 7) is 2.94. The zero-order valence-electron chi connectivity index (χ0n) is 18.1. The standard InChI is InChI=1S/C25H32N4O2/c26-25(22-13-5-3-10-20(22)17-29-15-6-1-7-16-29)28-31-18-24(30)27-23-14-8-11-19-9-2-4-12-21(19)23/h2-5,9-10,12-13,23H,1,6-8,11,14-18H2,(H2,26,28)(H,27,30). The quantitative estimate of drug-likeness (QED) is 0.408. The summed E-state index contributed by atoms with van der Waals surface area (Å²) in [5.41, 5.74) is 10.7. The first-order chi connectivity index (χ1) is 15.2. The van der Waals surface area contributed by atoms with Crippen LogP contribution in [0.5, 0.6) is 0 Å². The molecule has 1 unspecified atom stereocenters. The van der Waals surface area contributed by atoms with Gasteiger partial charge in [0, 0.05) is 12.1 Å². The van der Waals surface area contributed by atoms with Crippen molar-refractivity contribution in [3.63, 3.8) is 0 Å². The lowest BCUT2D eigenvalue weighted by molar-refractivity contribution is -0.126. The van der Waals surface area contributed by atoms with Crippen LogP contribution in [-0.2, 0) is 22.6 Å². The van der Waals surface area contributed by atoms with Gasteiger partial charge in [0.05, 0.1) is 6.04 Å². The third-order valence-electron chi connectivity index (χ3n) is 6.20. The van der Waals surface area contributed by atoms with Crippen LogP contribution in [0.3, 0.4) is 0 Å². The van der Waals surface area contributed by atoms with Gasteiger partial charge in [0.1, 0.15) is 0 Å². The molecule has 1 atom stereocenters. The fourth-order valence-electron chi connectivity index (χ4n) is 4.62. The van der Waals surface area contributed by atoms with Gasteiger partial charge >= 0.3 is 0 Å². The van der Waals surface area contributed by atoms with Crippen molar-refractivity contribution >= 4 is 11.7 Å². The Morgan fingerprint density at radius 2 is 1.84 bits per heavy atom. The first kappa shape index (κ1) is 21.4. The third kappa shape index (κ3) is 5.64.